The van der Waals surface area contributed by atoms with E-state index in [9.17, 15) is 9.59 Å². The molecule has 5 rings (SSSR count). The summed E-state index contributed by atoms with van der Waals surface area (Å²) in [6.45, 7) is 2.26. The van der Waals surface area contributed by atoms with Crippen LogP contribution in [0, 0.1) is 0 Å². The number of aromatic nitrogens is 4. The SMILES string of the molecule is CNc1cc(Nc2cccn(CCOC3CC3)c2=O)nc2c(C(=O)NC3CCOCC3)cnn12. The van der Waals surface area contributed by atoms with Crippen LogP contribution in [0.2, 0.25) is 0 Å². The first-order chi connectivity index (χ1) is 16.6. The minimum absolute atomic E-state index is 0.0629. The zero-order chi connectivity index (χ0) is 23.5. The number of anilines is 3. The van der Waals surface area contributed by atoms with Crippen LogP contribution in [0.1, 0.15) is 36.0 Å². The number of ether oxygens (including phenoxy) is 2. The van der Waals surface area contributed by atoms with E-state index in [-0.39, 0.29) is 17.5 Å². The van der Waals surface area contributed by atoms with E-state index in [1.54, 1.807) is 34.5 Å². The second kappa shape index (κ2) is 9.82. The Morgan fingerprint density at radius 2 is 2.09 bits per heavy atom. The third kappa shape index (κ3) is 4.90. The molecule has 0 spiro atoms. The van der Waals surface area contributed by atoms with Gasteiger partial charge in [0, 0.05) is 45.1 Å². The topological polar surface area (TPSA) is 124 Å². The summed E-state index contributed by atoms with van der Waals surface area (Å²) in [5.41, 5.74) is 0.989. The van der Waals surface area contributed by atoms with Gasteiger partial charge in [-0.3, -0.25) is 9.59 Å². The molecule has 11 heteroatoms. The Balaban J connectivity index is 1.38. The van der Waals surface area contributed by atoms with Crippen molar-refractivity contribution < 1.29 is 14.3 Å². The number of amides is 1. The average molecular weight is 468 g/mol. The maximum absolute atomic E-state index is 13.0. The van der Waals surface area contributed by atoms with Crippen molar-refractivity contribution in [1.29, 1.82) is 0 Å². The maximum atomic E-state index is 13.0. The van der Waals surface area contributed by atoms with E-state index in [4.69, 9.17) is 9.47 Å². The van der Waals surface area contributed by atoms with Crippen LogP contribution in [0.25, 0.3) is 5.65 Å². The molecule has 1 saturated heterocycles. The molecule has 11 nitrogen and oxygen atoms in total. The lowest BCUT2D eigenvalue weighted by atomic mass is 10.1. The summed E-state index contributed by atoms with van der Waals surface area (Å²) in [4.78, 5) is 30.5. The third-order valence-electron chi connectivity index (χ3n) is 6.02. The summed E-state index contributed by atoms with van der Waals surface area (Å²) >= 11 is 0. The summed E-state index contributed by atoms with van der Waals surface area (Å²) in [7, 11) is 1.76. The highest BCUT2D eigenvalue weighted by atomic mass is 16.5. The monoisotopic (exact) mass is 467 g/mol. The van der Waals surface area contributed by atoms with Crippen LogP contribution in [0.5, 0.6) is 0 Å². The van der Waals surface area contributed by atoms with Crippen LogP contribution >= 0.6 is 0 Å². The van der Waals surface area contributed by atoms with Gasteiger partial charge in [-0.25, -0.2) is 4.98 Å². The number of hydrogen-bond acceptors (Lipinski definition) is 8. The Morgan fingerprint density at radius 3 is 2.85 bits per heavy atom. The van der Waals surface area contributed by atoms with Crippen LogP contribution in [-0.4, -0.2) is 64.1 Å². The van der Waals surface area contributed by atoms with Crippen LogP contribution in [0.15, 0.2) is 35.4 Å². The van der Waals surface area contributed by atoms with Crippen LogP contribution < -0.4 is 21.5 Å². The fraction of sp³-hybridized carbons (Fsp3) is 0.478. The van der Waals surface area contributed by atoms with E-state index < -0.39 is 0 Å². The van der Waals surface area contributed by atoms with Crippen molar-refractivity contribution in [2.45, 2.75) is 44.4 Å². The number of carbonyl (C=O) groups excluding carboxylic acids is 1. The molecule has 3 N–H and O–H groups in total. The van der Waals surface area contributed by atoms with Gasteiger partial charge in [0.05, 0.1) is 18.9 Å². The Kier molecular flexibility index (Phi) is 6.45. The van der Waals surface area contributed by atoms with Gasteiger partial charge in [0.25, 0.3) is 11.5 Å². The number of carbonyl (C=O) groups is 1. The molecule has 3 aromatic rings. The molecule has 1 aliphatic carbocycles. The molecule has 1 amide bonds. The van der Waals surface area contributed by atoms with Gasteiger partial charge in [-0.05, 0) is 37.8 Å². The highest BCUT2D eigenvalue weighted by Crippen LogP contribution is 2.23. The number of fused-ring (bicyclic) bond motifs is 1. The first-order valence-electron chi connectivity index (χ1n) is 11.7. The van der Waals surface area contributed by atoms with Crippen molar-refractivity contribution in [1.82, 2.24) is 24.5 Å². The predicted octanol–water partition coefficient (Wildman–Crippen LogP) is 1.76. The third-order valence-corrected chi connectivity index (χ3v) is 6.02. The molecular weight excluding hydrogens is 438 g/mol. The summed E-state index contributed by atoms with van der Waals surface area (Å²) in [6.07, 6.45) is 7.36. The Hall–Kier alpha value is -3.44. The van der Waals surface area contributed by atoms with E-state index in [1.807, 2.05) is 6.07 Å². The summed E-state index contributed by atoms with van der Waals surface area (Å²) in [5.74, 6) is 0.833. The standard InChI is InChI=1S/C23H29N7O4/c1-24-20-13-19(27-18-3-2-8-29(23(18)32)9-12-34-16-4-5-16)28-21-17(14-25-30(20)21)22(31)26-15-6-10-33-11-7-15/h2-3,8,13-16,24H,4-7,9-12H2,1H3,(H,26,31)(H,27,28). The molecule has 0 aromatic carbocycles. The second-order valence-electron chi connectivity index (χ2n) is 8.55. The van der Waals surface area contributed by atoms with Crippen molar-refractivity contribution >= 4 is 28.9 Å². The fourth-order valence-electron chi connectivity index (χ4n) is 3.97. The molecule has 180 valence electrons. The summed E-state index contributed by atoms with van der Waals surface area (Å²) in [6, 6.07) is 5.32. The summed E-state index contributed by atoms with van der Waals surface area (Å²) < 4.78 is 14.2. The van der Waals surface area contributed by atoms with Crippen LogP contribution in [-0.2, 0) is 16.0 Å². The average Bonchev–Trinajstić information content (AvgIpc) is 3.57. The van der Waals surface area contributed by atoms with Gasteiger partial charge in [0.1, 0.15) is 22.9 Å². The number of pyridine rings is 1. The van der Waals surface area contributed by atoms with Crippen molar-refractivity contribution in [2.24, 2.45) is 0 Å². The Labute approximate surface area is 196 Å². The van der Waals surface area contributed by atoms with Crippen LogP contribution in [0.4, 0.5) is 17.3 Å². The first-order valence-corrected chi connectivity index (χ1v) is 11.7. The Bertz CT molecular complexity index is 1230. The quantitative estimate of drug-likeness (QED) is 0.435. The van der Waals surface area contributed by atoms with E-state index in [0.717, 1.165) is 25.7 Å². The van der Waals surface area contributed by atoms with E-state index >= 15 is 0 Å². The molecular formula is C23H29N7O4. The lowest BCUT2D eigenvalue weighted by molar-refractivity contribution is 0.0697. The van der Waals surface area contributed by atoms with Gasteiger partial charge in [-0.1, -0.05) is 0 Å². The fourth-order valence-corrected chi connectivity index (χ4v) is 3.97. The smallest absolute Gasteiger partial charge is 0.274 e. The van der Waals surface area contributed by atoms with Gasteiger partial charge >= 0.3 is 0 Å². The van der Waals surface area contributed by atoms with Crippen molar-refractivity contribution in [2.75, 3.05) is 37.5 Å². The Morgan fingerprint density at radius 1 is 1.26 bits per heavy atom. The normalized spacial score (nSPS) is 16.5. The number of rotatable bonds is 9. The van der Waals surface area contributed by atoms with Gasteiger partial charge in [0.2, 0.25) is 0 Å². The van der Waals surface area contributed by atoms with E-state index in [1.165, 1.54) is 6.20 Å². The molecule has 0 radical (unpaired) electrons. The van der Waals surface area contributed by atoms with Crippen molar-refractivity contribution in [3.05, 3.63) is 46.5 Å². The largest absolute Gasteiger partial charge is 0.381 e. The molecule has 1 aliphatic heterocycles. The van der Waals surface area contributed by atoms with Crippen molar-refractivity contribution in [3.8, 4) is 0 Å². The summed E-state index contributed by atoms with van der Waals surface area (Å²) in [5, 5.41) is 13.6. The highest BCUT2D eigenvalue weighted by molar-refractivity contribution is 6.00. The molecule has 4 heterocycles. The van der Waals surface area contributed by atoms with E-state index in [2.05, 4.69) is 26.0 Å². The molecule has 0 unspecified atom stereocenters. The molecule has 2 aliphatic rings. The number of nitrogens with one attached hydrogen (secondary N) is 3. The van der Waals surface area contributed by atoms with Gasteiger partial charge in [-0.2, -0.15) is 9.61 Å². The molecule has 1 saturated carbocycles. The lowest BCUT2D eigenvalue weighted by Gasteiger charge is -2.22. The predicted molar refractivity (Wildman–Crippen MR) is 127 cm³/mol. The van der Waals surface area contributed by atoms with Crippen LogP contribution in [0.3, 0.4) is 0 Å². The number of nitrogens with zero attached hydrogens (tertiary/aromatic N) is 4. The minimum Gasteiger partial charge on any atom is -0.381 e. The minimum atomic E-state index is -0.230. The highest BCUT2D eigenvalue weighted by Gasteiger charge is 2.23. The molecule has 3 aromatic heterocycles. The molecule has 2 fully saturated rings. The molecule has 0 atom stereocenters. The first kappa shape index (κ1) is 22.4. The zero-order valence-corrected chi connectivity index (χ0v) is 19.1. The number of hydrogen-bond donors (Lipinski definition) is 3. The second-order valence-corrected chi connectivity index (χ2v) is 8.55. The maximum Gasteiger partial charge on any atom is 0.274 e. The molecule has 0 bridgehead atoms. The van der Waals surface area contributed by atoms with E-state index in [0.29, 0.717) is 61.0 Å². The van der Waals surface area contributed by atoms with Crippen molar-refractivity contribution in [3.63, 3.8) is 0 Å². The molecule has 34 heavy (non-hydrogen) atoms. The van der Waals surface area contributed by atoms with Gasteiger partial charge in [0.15, 0.2) is 5.65 Å². The van der Waals surface area contributed by atoms with Gasteiger partial charge < -0.3 is 30.0 Å². The van der Waals surface area contributed by atoms with Gasteiger partial charge in [-0.15, -0.1) is 0 Å². The zero-order valence-electron chi connectivity index (χ0n) is 19.1. The lowest BCUT2D eigenvalue weighted by Crippen LogP contribution is -2.38.